The molecule has 4 nitrogen and oxygen atoms in total. The first-order chi connectivity index (χ1) is 6.11. The van der Waals surface area contributed by atoms with Crippen LogP contribution in [0.15, 0.2) is 0 Å². The molecule has 1 rings (SSSR count). The Hall–Kier alpha value is -0.320. The number of carbonyl (C=O) groups excluding carboxylic acids is 1. The predicted molar refractivity (Wildman–Crippen MR) is 57.5 cm³/mol. The van der Waals surface area contributed by atoms with E-state index in [1.165, 1.54) is 0 Å². The van der Waals surface area contributed by atoms with E-state index in [1.807, 2.05) is 0 Å². The molecular formula is C9H19ClN2O2. The van der Waals surface area contributed by atoms with Crippen molar-refractivity contribution >= 4 is 18.3 Å². The molecule has 0 radical (unpaired) electrons. The molecule has 1 saturated heterocycles. The number of aliphatic hydroxyl groups is 1. The third-order valence-corrected chi connectivity index (χ3v) is 2.43. The van der Waals surface area contributed by atoms with Crippen molar-refractivity contribution in [1.29, 1.82) is 0 Å². The van der Waals surface area contributed by atoms with Gasteiger partial charge in [0.25, 0.3) is 0 Å². The van der Waals surface area contributed by atoms with E-state index in [2.05, 4.69) is 17.6 Å². The SMILES string of the molecule is C[C@@H]1CNC[C@H]1C(=O)NC[C@@H](C)O.Cl. The molecule has 84 valence electrons. The van der Waals surface area contributed by atoms with Gasteiger partial charge >= 0.3 is 0 Å². The lowest BCUT2D eigenvalue weighted by molar-refractivity contribution is -0.125. The standard InChI is InChI=1S/C9H18N2O2.ClH/c1-6-3-10-5-8(6)9(13)11-4-7(2)12;/h6-8,10,12H,3-5H2,1-2H3,(H,11,13);1H/t6-,7-,8-;/m1./s1. The Balaban J connectivity index is 0.00000169. The summed E-state index contributed by atoms with van der Waals surface area (Å²) in [4.78, 5) is 11.5. The van der Waals surface area contributed by atoms with Gasteiger partial charge in [-0.25, -0.2) is 0 Å². The second kappa shape index (κ2) is 6.22. The highest BCUT2D eigenvalue weighted by atomic mass is 35.5. The van der Waals surface area contributed by atoms with Crippen molar-refractivity contribution in [2.75, 3.05) is 19.6 Å². The van der Waals surface area contributed by atoms with E-state index in [-0.39, 0.29) is 24.2 Å². The van der Waals surface area contributed by atoms with Crippen molar-refractivity contribution < 1.29 is 9.90 Å². The summed E-state index contributed by atoms with van der Waals surface area (Å²) in [5.74, 6) is 0.520. The minimum Gasteiger partial charge on any atom is -0.392 e. The molecule has 0 aliphatic carbocycles. The average Bonchev–Trinajstić information content (AvgIpc) is 2.47. The maximum atomic E-state index is 11.5. The Labute approximate surface area is 90.9 Å². The second-order valence-electron chi connectivity index (χ2n) is 3.84. The highest BCUT2D eigenvalue weighted by Gasteiger charge is 2.29. The molecule has 0 aromatic heterocycles. The van der Waals surface area contributed by atoms with Crippen molar-refractivity contribution in [3.05, 3.63) is 0 Å². The van der Waals surface area contributed by atoms with Crippen molar-refractivity contribution in [3.8, 4) is 0 Å². The molecule has 0 aromatic carbocycles. The largest absolute Gasteiger partial charge is 0.392 e. The molecule has 1 aliphatic heterocycles. The summed E-state index contributed by atoms with van der Waals surface area (Å²) in [5, 5.41) is 14.9. The van der Waals surface area contributed by atoms with Gasteiger partial charge in [0.15, 0.2) is 0 Å². The minimum atomic E-state index is -0.464. The van der Waals surface area contributed by atoms with Gasteiger partial charge in [-0.15, -0.1) is 12.4 Å². The van der Waals surface area contributed by atoms with E-state index in [0.29, 0.717) is 12.5 Å². The lowest BCUT2D eigenvalue weighted by atomic mass is 9.97. The van der Waals surface area contributed by atoms with Crippen LogP contribution in [0.1, 0.15) is 13.8 Å². The fraction of sp³-hybridized carbons (Fsp3) is 0.889. The summed E-state index contributed by atoms with van der Waals surface area (Å²) in [6.07, 6.45) is -0.464. The lowest BCUT2D eigenvalue weighted by Gasteiger charge is -2.14. The minimum absolute atomic E-state index is 0. The number of carbonyl (C=O) groups is 1. The second-order valence-corrected chi connectivity index (χ2v) is 3.84. The highest BCUT2D eigenvalue weighted by molar-refractivity contribution is 5.85. The molecule has 1 heterocycles. The quantitative estimate of drug-likeness (QED) is 0.618. The van der Waals surface area contributed by atoms with E-state index in [4.69, 9.17) is 5.11 Å². The number of aliphatic hydroxyl groups excluding tert-OH is 1. The molecule has 1 amide bonds. The van der Waals surface area contributed by atoms with Gasteiger partial charge in [-0.2, -0.15) is 0 Å². The third-order valence-electron chi connectivity index (χ3n) is 2.43. The number of hydrogen-bond donors (Lipinski definition) is 3. The van der Waals surface area contributed by atoms with Crippen molar-refractivity contribution in [3.63, 3.8) is 0 Å². The summed E-state index contributed by atoms with van der Waals surface area (Å²) in [6.45, 7) is 5.74. The molecule has 0 spiro atoms. The topological polar surface area (TPSA) is 61.4 Å². The molecule has 0 unspecified atom stereocenters. The number of nitrogens with one attached hydrogen (secondary N) is 2. The lowest BCUT2D eigenvalue weighted by Crippen LogP contribution is -2.37. The molecule has 0 aromatic rings. The molecule has 5 heteroatoms. The monoisotopic (exact) mass is 222 g/mol. The van der Waals surface area contributed by atoms with Crippen LogP contribution in [-0.2, 0) is 4.79 Å². The van der Waals surface area contributed by atoms with Crippen LogP contribution in [0.4, 0.5) is 0 Å². The molecule has 14 heavy (non-hydrogen) atoms. The first kappa shape index (κ1) is 13.7. The molecular weight excluding hydrogens is 204 g/mol. The van der Waals surface area contributed by atoms with Crippen LogP contribution in [0.2, 0.25) is 0 Å². The fourth-order valence-electron chi connectivity index (χ4n) is 1.54. The Morgan fingerprint density at radius 1 is 1.64 bits per heavy atom. The summed E-state index contributed by atoms with van der Waals surface area (Å²) >= 11 is 0. The number of hydrogen-bond acceptors (Lipinski definition) is 3. The van der Waals surface area contributed by atoms with Gasteiger partial charge in [0.1, 0.15) is 0 Å². The first-order valence-corrected chi connectivity index (χ1v) is 4.77. The predicted octanol–water partition coefficient (Wildman–Crippen LogP) is -0.239. The van der Waals surface area contributed by atoms with Gasteiger partial charge < -0.3 is 15.7 Å². The average molecular weight is 223 g/mol. The van der Waals surface area contributed by atoms with Crippen molar-refractivity contribution in [2.24, 2.45) is 11.8 Å². The summed E-state index contributed by atoms with van der Waals surface area (Å²) in [6, 6.07) is 0. The van der Waals surface area contributed by atoms with Crippen molar-refractivity contribution in [1.82, 2.24) is 10.6 Å². The third kappa shape index (κ3) is 3.82. The van der Waals surface area contributed by atoms with Crippen LogP contribution >= 0.6 is 12.4 Å². The maximum absolute atomic E-state index is 11.5. The molecule has 1 fully saturated rings. The number of rotatable bonds is 3. The Morgan fingerprint density at radius 2 is 2.29 bits per heavy atom. The van der Waals surface area contributed by atoms with Crippen LogP contribution in [0, 0.1) is 11.8 Å². The van der Waals surface area contributed by atoms with Gasteiger partial charge in [0, 0.05) is 13.1 Å². The summed E-state index contributed by atoms with van der Waals surface area (Å²) in [7, 11) is 0. The summed E-state index contributed by atoms with van der Waals surface area (Å²) in [5.41, 5.74) is 0. The van der Waals surface area contributed by atoms with Crippen LogP contribution in [0.5, 0.6) is 0 Å². The van der Waals surface area contributed by atoms with E-state index in [0.717, 1.165) is 13.1 Å². The highest BCUT2D eigenvalue weighted by Crippen LogP contribution is 2.15. The zero-order chi connectivity index (χ0) is 9.84. The van der Waals surface area contributed by atoms with Crippen LogP contribution in [0.25, 0.3) is 0 Å². The van der Waals surface area contributed by atoms with Gasteiger partial charge in [-0.05, 0) is 19.4 Å². The van der Waals surface area contributed by atoms with E-state index < -0.39 is 6.10 Å². The van der Waals surface area contributed by atoms with E-state index >= 15 is 0 Å². The van der Waals surface area contributed by atoms with Gasteiger partial charge in [0.2, 0.25) is 5.91 Å². The molecule has 0 saturated carbocycles. The summed E-state index contributed by atoms with van der Waals surface area (Å²) < 4.78 is 0. The molecule has 3 atom stereocenters. The molecule has 1 aliphatic rings. The van der Waals surface area contributed by atoms with Crippen LogP contribution in [0.3, 0.4) is 0 Å². The zero-order valence-electron chi connectivity index (χ0n) is 8.62. The fourth-order valence-corrected chi connectivity index (χ4v) is 1.54. The number of halogens is 1. The Morgan fingerprint density at radius 3 is 2.71 bits per heavy atom. The van der Waals surface area contributed by atoms with Crippen molar-refractivity contribution in [2.45, 2.75) is 20.0 Å². The zero-order valence-corrected chi connectivity index (χ0v) is 9.43. The van der Waals surface area contributed by atoms with E-state index in [9.17, 15) is 4.79 Å². The van der Waals surface area contributed by atoms with E-state index in [1.54, 1.807) is 6.92 Å². The van der Waals surface area contributed by atoms with Gasteiger partial charge in [-0.3, -0.25) is 4.79 Å². The van der Waals surface area contributed by atoms with Crippen LogP contribution in [-0.4, -0.2) is 36.8 Å². The molecule has 3 N–H and O–H groups in total. The Bertz CT molecular complexity index is 188. The number of amides is 1. The first-order valence-electron chi connectivity index (χ1n) is 4.77. The maximum Gasteiger partial charge on any atom is 0.224 e. The van der Waals surface area contributed by atoms with Gasteiger partial charge in [0.05, 0.1) is 12.0 Å². The Kier molecular flexibility index (Phi) is 6.08. The molecule has 0 bridgehead atoms. The van der Waals surface area contributed by atoms with Crippen LogP contribution < -0.4 is 10.6 Å². The van der Waals surface area contributed by atoms with Gasteiger partial charge in [-0.1, -0.05) is 6.92 Å². The smallest absolute Gasteiger partial charge is 0.224 e. The normalized spacial score (nSPS) is 27.9.